The lowest BCUT2D eigenvalue weighted by atomic mass is 10.3. The van der Waals surface area contributed by atoms with E-state index in [1.165, 1.54) is 22.3 Å². The van der Waals surface area contributed by atoms with Gasteiger partial charge in [0.1, 0.15) is 5.76 Å². The molecule has 0 saturated heterocycles. The van der Waals surface area contributed by atoms with Crippen LogP contribution in [0.15, 0.2) is 43.3 Å². The molecule has 0 saturated carbocycles. The molecule has 25 heavy (non-hydrogen) atoms. The highest BCUT2D eigenvalue weighted by molar-refractivity contribution is 9.13. The number of rotatable bonds is 5. The summed E-state index contributed by atoms with van der Waals surface area (Å²) in [5.41, 5.74) is 0.474. The molecule has 0 spiro atoms. The van der Waals surface area contributed by atoms with Crippen LogP contribution in [0, 0.1) is 0 Å². The number of aryl methyl sites for hydroxylation is 1. The molecule has 0 radical (unpaired) electrons. The van der Waals surface area contributed by atoms with E-state index in [1.807, 2.05) is 0 Å². The fourth-order valence-corrected chi connectivity index (χ4v) is 3.99. The predicted molar refractivity (Wildman–Crippen MR) is 101 cm³/mol. The van der Waals surface area contributed by atoms with Crippen molar-refractivity contribution in [2.75, 3.05) is 5.32 Å². The monoisotopic (exact) mass is 486 g/mol. The molecule has 0 aliphatic carbocycles. The number of hydrogen-bond acceptors (Lipinski definition) is 5. The third kappa shape index (κ3) is 4.20. The van der Waals surface area contributed by atoms with Crippen LogP contribution in [0.1, 0.15) is 25.9 Å². The quantitative estimate of drug-likeness (QED) is 0.573. The van der Waals surface area contributed by atoms with Gasteiger partial charge in [0.15, 0.2) is 5.69 Å². The molecule has 0 bridgehead atoms. The lowest BCUT2D eigenvalue weighted by Gasteiger charge is -2.04. The smallest absolute Gasteiger partial charge is 0.274 e. The third-order valence-corrected chi connectivity index (χ3v) is 6.42. The largest absolute Gasteiger partial charge is 0.467 e. The standard InChI is InChI=1S/C15H12Br2N4O3S/c1-21-7-10(19-14(22)11-5-9(16)13(17)25-11)12(20-21)15(23)18-6-8-3-2-4-24-8/h2-5,7H,6H2,1H3,(H,18,23)(H,19,22). The van der Waals surface area contributed by atoms with Gasteiger partial charge in [-0.1, -0.05) is 0 Å². The van der Waals surface area contributed by atoms with Crippen LogP contribution in [-0.4, -0.2) is 21.6 Å². The van der Waals surface area contributed by atoms with E-state index in [0.29, 0.717) is 16.3 Å². The fourth-order valence-electron chi connectivity index (χ4n) is 2.05. The van der Waals surface area contributed by atoms with Gasteiger partial charge in [-0.25, -0.2) is 0 Å². The van der Waals surface area contributed by atoms with Crippen molar-refractivity contribution in [2.24, 2.45) is 7.05 Å². The van der Waals surface area contributed by atoms with Gasteiger partial charge in [0.2, 0.25) is 0 Å². The molecule has 3 aromatic rings. The number of amides is 2. The zero-order valence-electron chi connectivity index (χ0n) is 12.9. The Morgan fingerprint density at radius 3 is 2.80 bits per heavy atom. The number of thiophene rings is 1. The Morgan fingerprint density at radius 1 is 1.36 bits per heavy atom. The van der Waals surface area contributed by atoms with Crippen molar-refractivity contribution in [3.8, 4) is 0 Å². The molecule has 0 aliphatic rings. The first-order valence-electron chi connectivity index (χ1n) is 7.04. The van der Waals surface area contributed by atoms with E-state index in [-0.39, 0.29) is 18.1 Å². The molecule has 0 fully saturated rings. The Labute approximate surface area is 163 Å². The molecule has 10 heteroatoms. The summed E-state index contributed by atoms with van der Waals surface area (Å²) in [6.45, 7) is 0.237. The maximum atomic E-state index is 12.4. The summed E-state index contributed by atoms with van der Waals surface area (Å²) in [6, 6.07) is 5.20. The van der Waals surface area contributed by atoms with Crippen LogP contribution in [0.25, 0.3) is 0 Å². The number of carbonyl (C=O) groups excluding carboxylic acids is 2. The van der Waals surface area contributed by atoms with Crippen molar-refractivity contribution in [2.45, 2.75) is 6.54 Å². The van der Waals surface area contributed by atoms with Gasteiger partial charge in [-0.2, -0.15) is 5.10 Å². The van der Waals surface area contributed by atoms with E-state index in [4.69, 9.17) is 4.42 Å². The molecule has 2 N–H and O–H groups in total. The molecule has 2 amide bonds. The second-order valence-corrected chi connectivity index (χ2v) is 8.24. The molecule has 3 rings (SSSR count). The first-order chi connectivity index (χ1) is 11.9. The van der Waals surface area contributed by atoms with E-state index in [0.717, 1.165) is 8.26 Å². The van der Waals surface area contributed by atoms with Crippen LogP contribution in [0.3, 0.4) is 0 Å². The normalized spacial score (nSPS) is 10.7. The van der Waals surface area contributed by atoms with Gasteiger partial charge in [0, 0.05) is 17.7 Å². The van der Waals surface area contributed by atoms with Crippen molar-refractivity contribution in [3.63, 3.8) is 0 Å². The van der Waals surface area contributed by atoms with E-state index >= 15 is 0 Å². The lowest BCUT2D eigenvalue weighted by Crippen LogP contribution is -2.24. The molecule has 0 unspecified atom stereocenters. The zero-order chi connectivity index (χ0) is 18.0. The van der Waals surface area contributed by atoms with Gasteiger partial charge in [-0.05, 0) is 50.1 Å². The first kappa shape index (κ1) is 17.9. The van der Waals surface area contributed by atoms with Crippen molar-refractivity contribution in [1.82, 2.24) is 15.1 Å². The number of carbonyl (C=O) groups is 2. The Balaban J connectivity index is 1.73. The predicted octanol–water partition coefficient (Wildman–Crippen LogP) is 3.78. The maximum Gasteiger partial charge on any atom is 0.274 e. The summed E-state index contributed by atoms with van der Waals surface area (Å²) in [5.74, 6) is -0.0894. The fraction of sp³-hybridized carbons (Fsp3) is 0.133. The molecule has 130 valence electrons. The van der Waals surface area contributed by atoms with E-state index in [2.05, 4.69) is 47.6 Å². The maximum absolute atomic E-state index is 12.4. The van der Waals surface area contributed by atoms with Gasteiger partial charge in [0.25, 0.3) is 11.8 Å². The van der Waals surface area contributed by atoms with Crippen LogP contribution >= 0.6 is 43.2 Å². The van der Waals surface area contributed by atoms with Crippen LogP contribution in [0.4, 0.5) is 5.69 Å². The Kier molecular flexibility index (Phi) is 5.40. The van der Waals surface area contributed by atoms with Crippen LogP contribution in [-0.2, 0) is 13.6 Å². The van der Waals surface area contributed by atoms with Gasteiger partial charge in [-0.15, -0.1) is 11.3 Å². The van der Waals surface area contributed by atoms with E-state index < -0.39 is 5.91 Å². The van der Waals surface area contributed by atoms with Gasteiger partial charge < -0.3 is 15.1 Å². The number of hydrogen-bond donors (Lipinski definition) is 2. The van der Waals surface area contributed by atoms with Crippen molar-refractivity contribution < 1.29 is 14.0 Å². The summed E-state index contributed by atoms with van der Waals surface area (Å²) in [7, 11) is 1.68. The Morgan fingerprint density at radius 2 is 2.16 bits per heavy atom. The summed E-state index contributed by atoms with van der Waals surface area (Å²) in [4.78, 5) is 25.2. The SMILES string of the molecule is Cn1cc(NC(=O)c2cc(Br)c(Br)s2)c(C(=O)NCc2ccco2)n1. The van der Waals surface area contributed by atoms with Crippen molar-refractivity contribution in [3.05, 3.63) is 55.2 Å². The van der Waals surface area contributed by atoms with Crippen LogP contribution in [0.5, 0.6) is 0 Å². The lowest BCUT2D eigenvalue weighted by molar-refractivity contribution is 0.0943. The number of nitrogens with zero attached hydrogens (tertiary/aromatic N) is 2. The number of furan rings is 1. The highest BCUT2D eigenvalue weighted by atomic mass is 79.9. The van der Waals surface area contributed by atoms with Crippen LogP contribution < -0.4 is 10.6 Å². The van der Waals surface area contributed by atoms with Crippen LogP contribution in [0.2, 0.25) is 0 Å². The number of anilines is 1. The highest BCUT2D eigenvalue weighted by Crippen LogP contribution is 2.32. The van der Waals surface area contributed by atoms with Gasteiger partial charge in [-0.3, -0.25) is 14.3 Å². The minimum absolute atomic E-state index is 0.136. The molecule has 0 aromatic carbocycles. The molecular weight excluding hydrogens is 476 g/mol. The highest BCUT2D eigenvalue weighted by Gasteiger charge is 2.20. The summed E-state index contributed by atoms with van der Waals surface area (Å²) in [6.07, 6.45) is 3.11. The molecule has 0 aliphatic heterocycles. The Hall–Kier alpha value is -1.91. The molecule has 3 aromatic heterocycles. The number of nitrogens with one attached hydrogen (secondary N) is 2. The molecule has 7 nitrogen and oxygen atoms in total. The average molecular weight is 488 g/mol. The second kappa shape index (κ2) is 7.54. The topological polar surface area (TPSA) is 89.2 Å². The average Bonchev–Trinajstić information content (AvgIpc) is 3.27. The molecular formula is C15H12Br2N4O3S. The van der Waals surface area contributed by atoms with E-state index in [9.17, 15) is 9.59 Å². The number of aromatic nitrogens is 2. The van der Waals surface area contributed by atoms with E-state index in [1.54, 1.807) is 31.4 Å². The minimum atomic E-state index is -0.402. The number of halogens is 2. The Bertz CT molecular complexity index is 898. The third-order valence-electron chi connectivity index (χ3n) is 3.16. The van der Waals surface area contributed by atoms with Crippen molar-refractivity contribution in [1.29, 1.82) is 0 Å². The minimum Gasteiger partial charge on any atom is -0.467 e. The van der Waals surface area contributed by atoms with Gasteiger partial charge >= 0.3 is 0 Å². The summed E-state index contributed by atoms with van der Waals surface area (Å²) >= 11 is 7.99. The molecule has 0 atom stereocenters. The summed E-state index contributed by atoms with van der Waals surface area (Å²) in [5, 5.41) is 9.56. The van der Waals surface area contributed by atoms with Crippen molar-refractivity contribution >= 4 is 60.7 Å². The molecule has 3 heterocycles. The second-order valence-electron chi connectivity index (χ2n) is 5.01. The first-order valence-corrected chi connectivity index (χ1v) is 9.44. The zero-order valence-corrected chi connectivity index (χ0v) is 16.9. The van der Waals surface area contributed by atoms with Gasteiger partial charge in [0.05, 0.1) is 27.2 Å². The summed E-state index contributed by atoms with van der Waals surface area (Å²) < 4.78 is 8.26.